The predicted octanol–water partition coefficient (Wildman–Crippen LogP) is 0.0639. The van der Waals surface area contributed by atoms with E-state index in [0.29, 0.717) is 17.9 Å². The first kappa shape index (κ1) is 10.5. The molecule has 2 unspecified atom stereocenters. The molecule has 2 heterocycles. The van der Waals surface area contributed by atoms with Gasteiger partial charge in [-0.1, -0.05) is 0 Å². The number of likely N-dealkylation sites (tertiary alicyclic amines) is 2. The SMILES string of the molecule is O=C1C(N2CCC(CO)C2)CCN1C1CC1. The summed E-state index contributed by atoms with van der Waals surface area (Å²) in [5.41, 5.74) is 0. The molecule has 4 nitrogen and oxygen atoms in total. The summed E-state index contributed by atoms with van der Waals surface area (Å²) in [5, 5.41) is 9.12. The Hall–Kier alpha value is -0.610. The fourth-order valence-corrected chi connectivity index (χ4v) is 3.07. The molecule has 2 atom stereocenters. The third-order valence-electron chi connectivity index (χ3n) is 4.22. The molecule has 16 heavy (non-hydrogen) atoms. The number of carbonyl (C=O) groups excluding carboxylic acids is 1. The van der Waals surface area contributed by atoms with Crippen molar-refractivity contribution in [2.75, 3.05) is 26.2 Å². The number of aliphatic hydroxyl groups is 1. The van der Waals surface area contributed by atoms with Crippen LogP contribution in [0.2, 0.25) is 0 Å². The topological polar surface area (TPSA) is 43.8 Å². The van der Waals surface area contributed by atoms with Crippen molar-refractivity contribution < 1.29 is 9.90 Å². The molecular weight excluding hydrogens is 204 g/mol. The lowest BCUT2D eigenvalue weighted by Crippen LogP contribution is -2.41. The molecule has 1 aliphatic carbocycles. The van der Waals surface area contributed by atoms with Crippen LogP contribution in [0.15, 0.2) is 0 Å². The van der Waals surface area contributed by atoms with Crippen molar-refractivity contribution in [1.29, 1.82) is 0 Å². The van der Waals surface area contributed by atoms with Crippen molar-refractivity contribution >= 4 is 5.91 Å². The maximum Gasteiger partial charge on any atom is 0.240 e. The average Bonchev–Trinajstić information content (AvgIpc) is 2.89. The lowest BCUT2D eigenvalue weighted by atomic mass is 10.1. The Morgan fingerprint density at radius 2 is 2.00 bits per heavy atom. The van der Waals surface area contributed by atoms with Crippen LogP contribution in [-0.4, -0.2) is 59.1 Å². The minimum absolute atomic E-state index is 0.122. The largest absolute Gasteiger partial charge is 0.396 e. The summed E-state index contributed by atoms with van der Waals surface area (Å²) in [6.45, 7) is 3.11. The molecule has 3 aliphatic rings. The molecule has 1 saturated carbocycles. The molecule has 2 aliphatic heterocycles. The van der Waals surface area contributed by atoms with E-state index in [0.717, 1.165) is 32.5 Å². The number of aliphatic hydroxyl groups excluding tert-OH is 1. The Balaban J connectivity index is 1.61. The molecule has 3 rings (SSSR count). The Bertz CT molecular complexity index is 291. The molecule has 1 N–H and O–H groups in total. The van der Waals surface area contributed by atoms with Gasteiger partial charge in [0, 0.05) is 25.7 Å². The third-order valence-corrected chi connectivity index (χ3v) is 4.22. The van der Waals surface area contributed by atoms with Crippen LogP contribution in [0.3, 0.4) is 0 Å². The number of hydrogen-bond donors (Lipinski definition) is 1. The standard InChI is InChI=1S/C12H20N2O2/c15-8-9-3-5-13(7-9)11-4-6-14(12(11)16)10-1-2-10/h9-11,15H,1-8H2. The van der Waals surface area contributed by atoms with E-state index >= 15 is 0 Å². The molecule has 0 aromatic rings. The van der Waals surface area contributed by atoms with Gasteiger partial charge in [0.1, 0.15) is 0 Å². The molecule has 0 radical (unpaired) electrons. The summed E-state index contributed by atoms with van der Waals surface area (Å²) >= 11 is 0. The lowest BCUT2D eigenvalue weighted by Gasteiger charge is -2.23. The second-order valence-corrected chi connectivity index (χ2v) is 5.40. The quantitative estimate of drug-likeness (QED) is 0.737. The first-order valence-electron chi connectivity index (χ1n) is 6.45. The molecule has 1 amide bonds. The van der Waals surface area contributed by atoms with E-state index in [1.165, 1.54) is 12.8 Å². The third kappa shape index (κ3) is 1.74. The second kappa shape index (κ2) is 4.00. The maximum absolute atomic E-state index is 12.2. The van der Waals surface area contributed by atoms with Crippen LogP contribution >= 0.6 is 0 Å². The first-order chi connectivity index (χ1) is 7.79. The minimum atomic E-state index is 0.122. The van der Waals surface area contributed by atoms with E-state index < -0.39 is 0 Å². The highest BCUT2D eigenvalue weighted by Gasteiger charge is 2.43. The average molecular weight is 224 g/mol. The molecule has 0 bridgehead atoms. The van der Waals surface area contributed by atoms with E-state index in [9.17, 15) is 4.79 Å². The summed E-state index contributed by atoms with van der Waals surface area (Å²) in [6.07, 6.45) is 4.45. The van der Waals surface area contributed by atoms with Crippen LogP contribution in [0.1, 0.15) is 25.7 Å². The number of nitrogens with zero attached hydrogens (tertiary/aromatic N) is 2. The summed E-state index contributed by atoms with van der Waals surface area (Å²) < 4.78 is 0. The zero-order chi connectivity index (χ0) is 11.1. The van der Waals surface area contributed by atoms with Gasteiger partial charge in [0.05, 0.1) is 6.04 Å². The van der Waals surface area contributed by atoms with Gasteiger partial charge >= 0.3 is 0 Å². The van der Waals surface area contributed by atoms with Gasteiger partial charge in [-0.2, -0.15) is 0 Å². The van der Waals surface area contributed by atoms with E-state index in [-0.39, 0.29) is 12.6 Å². The van der Waals surface area contributed by atoms with Gasteiger partial charge in [-0.05, 0) is 38.1 Å². The zero-order valence-corrected chi connectivity index (χ0v) is 9.64. The molecule has 2 saturated heterocycles. The molecule has 0 aromatic heterocycles. The van der Waals surface area contributed by atoms with Gasteiger partial charge in [-0.25, -0.2) is 0 Å². The zero-order valence-electron chi connectivity index (χ0n) is 9.64. The second-order valence-electron chi connectivity index (χ2n) is 5.40. The highest BCUT2D eigenvalue weighted by molar-refractivity contribution is 5.84. The van der Waals surface area contributed by atoms with Crippen molar-refractivity contribution in [3.63, 3.8) is 0 Å². The van der Waals surface area contributed by atoms with Gasteiger partial charge in [0.15, 0.2) is 0 Å². The molecule has 4 heteroatoms. The highest BCUT2D eigenvalue weighted by atomic mass is 16.3. The molecular formula is C12H20N2O2. The van der Waals surface area contributed by atoms with E-state index in [1.807, 2.05) is 0 Å². The lowest BCUT2D eigenvalue weighted by molar-refractivity contribution is -0.132. The molecule has 0 spiro atoms. The van der Waals surface area contributed by atoms with Crippen LogP contribution in [0, 0.1) is 5.92 Å². The van der Waals surface area contributed by atoms with Crippen LogP contribution < -0.4 is 0 Å². The predicted molar refractivity (Wildman–Crippen MR) is 59.9 cm³/mol. The number of hydrogen-bond acceptors (Lipinski definition) is 3. The van der Waals surface area contributed by atoms with Crippen molar-refractivity contribution in [2.24, 2.45) is 5.92 Å². The molecule has 90 valence electrons. The van der Waals surface area contributed by atoms with Crippen LogP contribution in [0.25, 0.3) is 0 Å². The van der Waals surface area contributed by atoms with Crippen molar-refractivity contribution in [3.8, 4) is 0 Å². The smallest absolute Gasteiger partial charge is 0.240 e. The van der Waals surface area contributed by atoms with Crippen molar-refractivity contribution in [3.05, 3.63) is 0 Å². The highest BCUT2D eigenvalue weighted by Crippen LogP contribution is 2.33. The van der Waals surface area contributed by atoms with Crippen molar-refractivity contribution in [2.45, 2.75) is 37.8 Å². The Morgan fingerprint density at radius 1 is 1.19 bits per heavy atom. The summed E-state index contributed by atoms with van der Waals surface area (Å²) in [7, 11) is 0. The normalized spacial score (nSPS) is 36.3. The Labute approximate surface area is 96.2 Å². The minimum Gasteiger partial charge on any atom is -0.396 e. The molecule has 0 aromatic carbocycles. The number of carbonyl (C=O) groups is 1. The van der Waals surface area contributed by atoms with Crippen LogP contribution in [0.4, 0.5) is 0 Å². The fourth-order valence-electron chi connectivity index (χ4n) is 3.07. The van der Waals surface area contributed by atoms with E-state index in [2.05, 4.69) is 9.80 Å². The van der Waals surface area contributed by atoms with Gasteiger partial charge in [0.25, 0.3) is 0 Å². The summed E-state index contributed by atoms with van der Waals surface area (Å²) in [6, 6.07) is 0.686. The van der Waals surface area contributed by atoms with E-state index in [1.54, 1.807) is 0 Å². The maximum atomic E-state index is 12.2. The van der Waals surface area contributed by atoms with Gasteiger partial charge in [-0.15, -0.1) is 0 Å². The number of amides is 1. The van der Waals surface area contributed by atoms with Gasteiger partial charge in [-0.3, -0.25) is 9.69 Å². The summed E-state index contributed by atoms with van der Waals surface area (Å²) in [5.74, 6) is 0.740. The Kier molecular flexibility index (Phi) is 2.64. The van der Waals surface area contributed by atoms with Crippen molar-refractivity contribution in [1.82, 2.24) is 9.80 Å². The Morgan fingerprint density at radius 3 is 2.62 bits per heavy atom. The number of rotatable bonds is 3. The van der Waals surface area contributed by atoms with Crippen LogP contribution in [0.5, 0.6) is 0 Å². The van der Waals surface area contributed by atoms with E-state index in [4.69, 9.17) is 5.11 Å². The van der Waals surface area contributed by atoms with Gasteiger partial charge < -0.3 is 10.0 Å². The van der Waals surface area contributed by atoms with Gasteiger partial charge in [0.2, 0.25) is 5.91 Å². The fraction of sp³-hybridized carbons (Fsp3) is 0.917. The van der Waals surface area contributed by atoms with Crippen LogP contribution in [-0.2, 0) is 4.79 Å². The summed E-state index contributed by atoms with van der Waals surface area (Å²) in [4.78, 5) is 16.6. The first-order valence-corrected chi connectivity index (χ1v) is 6.45. The molecule has 3 fully saturated rings. The monoisotopic (exact) mass is 224 g/mol.